The summed E-state index contributed by atoms with van der Waals surface area (Å²) in [6.07, 6.45) is 3.12. The Morgan fingerprint density at radius 1 is 0.765 bits per heavy atom. The predicted octanol–water partition coefficient (Wildman–Crippen LogP) is 5.84. The fourth-order valence-corrected chi connectivity index (χ4v) is 3.65. The molecule has 0 aliphatic carbocycles. The molecule has 2 heterocycles. The first kappa shape index (κ1) is 25.9. The quantitative estimate of drug-likeness (QED) is 0.206. The molecule has 0 N–H and O–H groups in total. The van der Waals surface area contributed by atoms with Gasteiger partial charge in [0.2, 0.25) is 0 Å². The first-order valence-electron chi connectivity index (χ1n) is 10.3. The van der Waals surface area contributed by atoms with Crippen LogP contribution in [0.5, 0.6) is 0 Å². The maximum absolute atomic E-state index is 15.2. The summed E-state index contributed by atoms with van der Waals surface area (Å²) in [4.78, 5) is 0. The summed E-state index contributed by atoms with van der Waals surface area (Å²) in [5.41, 5.74) is -0.402. The minimum Gasteiger partial charge on any atom is -0.284 e. The van der Waals surface area contributed by atoms with Crippen LogP contribution in [0.25, 0.3) is 11.4 Å². The average Bonchev–Trinajstić information content (AvgIpc) is 3.37. The summed E-state index contributed by atoms with van der Waals surface area (Å²) < 4.78 is 59.4. The third-order valence-electron chi connectivity index (χ3n) is 5.51. The number of hydrogen-bond acceptors (Lipinski definition) is 2. The Morgan fingerprint density at radius 3 is 1.82 bits per heavy atom. The summed E-state index contributed by atoms with van der Waals surface area (Å²) >= 11 is 0. The molecule has 0 unspecified atom stereocenters. The largest absolute Gasteiger partial charge is 2.00 e. The molecule has 0 saturated carbocycles. The fourth-order valence-electron chi connectivity index (χ4n) is 3.65. The van der Waals surface area contributed by atoms with E-state index in [9.17, 15) is 13.2 Å². The zero-order valence-electron chi connectivity index (χ0n) is 19.2. The van der Waals surface area contributed by atoms with Gasteiger partial charge in [-0.25, -0.2) is 0 Å². The first-order chi connectivity index (χ1) is 15.4. The summed E-state index contributed by atoms with van der Waals surface area (Å²) in [5.74, 6) is -2.90. The molecular formula is C25H22F4N4Pt. The molecule has 0 aliphatic rings. The van der Waals surface area contributed by atoms with Crippen molar-refractivity contribution in [3.8, 4) is 11.4 Å². The Bertz CT molecular complexity index is 1340. The zero-order valence-corrected chi connectivity index (χ0v) is 21.4. The van der Waals surface area contributed by atoms with Gasteiger partial charge in [-0.15, -0.1) is 18.2 Å². The van der Waals surface area contributed by atoms with Crippen molar-refractivity contribution >= 4 is 0 Å². The summed E-state index contributed by atoms with van der Waals surface area (Å²) in [6.45, 7) is 8.92. The molecule has 34 heavy (non-hydrogen) atoms. The standard InChI is InChI=1S/C25H22F4N4.Pt/c1-24(2,3)22-16(27)7-9-19(23(22)29)33-13-11-21(31-33)25(4,5)20-10-12-32(30-20)18-8-6-15(26)14-17(18)28;/h6-7,10-14H,1-5H3;/q-2;+2. The van der Waals surface area contributed by atoms with Crippen molar-refractivity contribution in [2.75, 3.05) is 0 Å². The second-order valence-electron chi connectivity index (χ2n) is 9.35. The fraction of sp³-hybridized carbons (Fsp3) is 0.280. The monoisotopic (exact) mass is 649 g/mol. The smallest absolute Gasteiger partial charge is 0.284 e. The maximum atomic E-state index is 15.2. The van der Waals surface area contributed by atoms with E-state index in [2.05, 4.69) is 22.3 Å². The van der Waals surface area contributed by atoms with E-state index in [1.54, 1.807) is 45.3 Å². The van der Waals surface area contributed by atoms with Crippen LogP contribution in [0, 0.1) is 35.4 Å². The molecule has 4 aromatic rings. The van der Waals surface area contributed by atoms with Gasteiger partial charge in [0, 0.05) is 35.7 Å². The van der Waals surface area contributed by atoms with Gasteiger partial charge < -0.3 is 0 Å². The van der Waals surface area contributed by atoms with Crippen molar-refractivity contribution in [1.29, 1.82) is 0 Å². The molecular weight excluding hydrogens is 627 g/mol. The van der Waals surface area contributed by atoms with Crippen LogP contribution in [0.2, 0.25) is 0 Å². The number of nitrogens with zero attached hydrogens (tertiary/aromatic N) is 4. The molecule has 4 nitrogen and oxygen atoms in total. The minimum absolute atomic E-state index is 0. The number of rotatable bonds is 4. The summed E-state index contributed by atoms with van der Waals surface area (Å²) in [7, 11) is 0. The van der Waals surface area contributed by atoms with Crippen LogP contribution < -0.4 is 0 Å². The van der Waals surface area contributed by atoms with Crippen molar-refractivity contribution in [2.45, 2.75) is 45.4 Å². The molecule has 0 spiro atoms. The molecule has 180 valence electrons. The second-order valence-corrected chi connectivity index (χ2v) is 9.35. The van der Waals surface area contributed by atoms with Gasteiger partial charge in [-0.2, -0.15) is 22.3 Å². The maximum Gasteiger partial charge on any atom is 2.00 e. The molecule has 0 saturated heterocycles. The predicted molar refractivity (Wildman–Crippen MR) is 115 cm³/mol. The molecule has 0 atom stereocenters. The van der Waals surface area contributed by atoms with Crippen LogP contribution in [-0.2, 0) is 31.9 Å². The van der Waals surface area contributed by atoms with E-state index in [1.165, 1.54) is 9.36 Å². The third-order valence-corrected chi connectivity index (χ3v) is 5.51. The van der Waals surface area contributed by atoms with Crippen molar-refractivity contribution in [2.24, 2.45) is 0 Å². The van der Waals surface area contributed by atoms with E-state index in [1.807, 2.05) is 13.8 Å². The van der Waals surface area contributed by atoms with Crippen LogP contribution in [0.1, 0.15) is 51.6 Å². The Balaban J connectivity index is 0.00000324. The first-order valence-corrected chi connectivity index (χ1v) is 10.3. The molecule has 2 aromatic heterocycles. The van der Waals surface area contributed by atoms with E-state index in [4.69, 9.17) is 0 Å². The van der Waals surface area contributed by atoms with Gasteiger partial charge in [-0.1, -0.05) is 26.3 Å². The Hall–Kier alpha value is -2.73. The van der Waals surface area contributed by atoms with Crippen LogP contribution in [0.4, 0.5) is 17.6 Å². The van der Waals surface area contributed by atoms with Crippen molar-refractivity contribution in [1.82, 2.24) is 19.6 Å². The van der Waals surface area contributed by atoms with Crippen LogP contribution in [0.15, 0.2) is 42.7 Å². The number of aromatic nitrogens is 4. The molecule has 0 fully saturated rings. The van der Waals surface area contributed by atoms with E-state index in [0.29, 0.717) is 11.4 Å². The third kappa shape index (κ3) is 4.60. The van der Waals surface area contributed by atoms with E-state index in [0.717, 1.165) is 18.2 Å². The summed E-state index contributed by atoms with van der Waals surface area (Å²) in [6, 6.07) is 11.5. The summed E-state index contributed by atoms with van der Waals surface area (Å²) in [5, 5.41) is 8.91. The molecule has 9 heteroatoms. The van der Waals surface area contributed by atoms with Gasteiger partial charge in [0.1, 0.15) is 0 Å². The van der Waals surface area contributed by atoms with Gasteiger partial charge in [-0.05, 0) is 42.8 Å². The Morgan fingerprint density at radius 2 is 1.29 bits per heavy atom. The van der Waals surface area contributed by atoms with Gasteiger partial charge in [0.25, 0.3) is 0 Å². The molecule has 0 radical (unpaired) electrons. The molecule has 2 aromatic carbocycles. The average molecular weight is 650 g/mol. The number of hydrogen-bond donors (Lipinski definition) is 0. The second kappa shape index (κ2) is 9.14. The topological polar surface area (TPSA) is 35.6 Å². The van der Waals surface area contributed by atoms with Crippen molar-refractivity contribution in [3.05, 3.63) is 95.1 Å². The van der Waals surface area contributed by atoms with Gasteiger partial charge in [-0.3, -0.25) is 26.9 Å². The van der Waals surface area contributed by atoms with E-state index >= 15 is 4.39 Å². The van der Waals surface area contributed by atoms with Crippen molar-refractivity contribution < 1.29 is 38.6 Å². The van der Waals surface area contributed by atoms with Crippen LogP contribution in [0.3, 0.4) is 0 Å². The Kier molecular flexibility index (Phi) is 6.96. The van der Waals surface area contributed by atoms with Crippen LogP contribution in [-0.4, -0.2) is 19.6 Å². The normalized spacial score (nSPS) is 12.0. The number of benzene rings is 2. The van der Waals surface area contributed by atoms with Gasteiger partial charge in [0.15, 0.2) is 0 Å². The molecule has 0 aliphatic heterocycles. The molecule has 0 bridgehead atoms. The zero-order chi connectivity index (χ0) is 24.1. The minimum atomic E-state index is -0.788. The Labute approximate surface area is 209 Å². The van der Waals surface area contributed by atoms with Gasteiger partial charge >= 0.3 is 21.1 Å². The SMILES string of the molecule is CC(C)(C)c1c(F)c[c-]c(-n2ccc(C(C)(C)c3ccn(-c4[c-]cc(F)cc4F)n3)n2)c1F.[Pt+2]. The van der Waals surface area contributed by atoms with Crippen molar-refractivity contribution in [3.63, 3.8) is 0 Å². The van der Waals surface area contributed by atoms with E-state index < -0.39 is 34.1 Å². The molecule has 0 amide bonds. The number of halogens is 4. The van der Waals surface area contributed by atoms with Gasteiger partial charge in [0.05, 0.1) is 16.8 Å². The van der Waals surface area contributed by atoms with Crippen LogP contribution >= 0.6 is 0 Å². The van der Waals surface area contributed by atoms with E-state index in [-0.39, 0.29) is 38.0 Å². The molecule has 4 rings (SSSR count).